The van der Waals surface area contributed by atoms with Gasteiger partial charge in [0, 0.05) is 18.6 Å². The number of nitrogens with one attached hydrogen (secondary N) is 1. The van der Waals surface area contributed by atoms with Crippen molar-refractivity contribution in [3.05, 3.63) is 48.0 Å². The predicted molar refractivity (Wildman–Crippen MR) is 130 cm³/mol. The number of hydrogen-bond donors (Lipinski definition) is 3. The normalized spacial score (nSPS) is 17.8. The van der Waals surface area contributed by atoms with Gasteiger partial charge in [-0.05, 0) is 25.3 Å². The second kappa shape index (κ2) is 17.3. The Kier molecular flexibility index (Phi) is 14.7. The van der Waals surface area contributed by atoms with Crippen LogP contribution in [0.4, 0.5) is 0 Å². The summed E-state index contributed by atoms with van der Waals surface area (Å²) in [6, 6.07) is 8.59. The zero-order chi connectivity index (χ0) is 26.1. The van der Waals surface area contributed by atoms with Crippen molar-refractivity contribution >= 4 is 23.9 Å². The van der Waals surface area contributed by atoms with E-state index in [0.717, 1.165) is 18.4 Å². The van der Waals surface area contributed by atoms with Crippen molar-refractivity contribution in [2.45, 2.75) is 90.0 Å². The Balaban J connectivity index is 0.000000658. The molecule has 2 unspecified atom stereocenters. The van der Waals surface area contributed by atoms with E-state index >= 15 is 0 Å². The van der Waals surface area contributed by atoms with E-state index in [1.54, 1.807) is 6.92 Å². The van der Waals surface area contributed by atoms with Crippen molar-refractivity contribution in [1.29, 1.82) is 0 Å². The van der Waals surface area contributed by atoms with E-state index in [9.17, 15) is 19.2 Å². The van der Waals surface area contributed by atoms with Crippen LogP contribution in [0.1, 0.15) is 70.8 Å². The van der Waals surface area contributed by atoms with Crippen molar-refractivity contribution in [2.24, 2.45) is 0 Å². The number of carbonyl (C=O) groups excluding carboxylic acids is 2. The van der Waals surface area contributed by atoms with E-state index in [1.165, 1.54) is 32.1 Å². The number of benzene rings is 1. The van der Waals surface area contributed by atoms with E-state index in [-0.39, 0.29) is 24.6 Å². The molecule has 194 valence electrons. The van der Waals surface area contributed by atoms with Gasteiger partial charge in [0.25, 0.3) is 0 Å². The predicted octanol–water partition coefficient (Wildman–Crippen LogP) is 3.85. The number of rotatable bonds is 14. The van der Waals surface area contributed by atoms with Gasteiger partial charge in [-0.15, -0.1) is 0 Å². The summed E-state index contributed by atoms with van der Waals surface area (Å²) in [7, 11) is 0. The number of carbonyl (C=O) groups is 4. The molecule has 2 rings (SSSR count). The molecule has 0 aliphatic carbocycles. The Morgan fingerprint density at radius 1 is 1.06 bits per heavy atom. The van der Waals surface area contributed by atoms with Crippen LogP contribution in [0.2, 0.25) is 0 Å². The number of unbranched alkanes of at least 4 members (excludes halogenated alkanes) is 5. The SMILES string of the molecule is CCCCCCCCC1CC(N[C@@H](C)C(=O)OCc2ccccc2)C(=O)O1.O=C(O)C=CC(=O)O. The quantitative estimate of drug-likeness (QED) is 0.201. The lowest BCUT2D eigenvalue weighted by molar-refractivity contribution is -0.148. The molecule has 0 saturated carbocycles. The fourth-order valence-corrected chi connectivity index (χ4v) is 3.48. The fourth-order valence-electron chi connectivity index (χ4n) is 3.48. The van der Waals surface area contributed by atoms with Crippen LogP contribution in [0, 0.1) is 0 Å². The molecule has 1 aromatic rings. The minimum absolute atomic E-state index is 0.0336. The first-order chi connectivity index (χ1) is 16.7. The maximum atomic E-state index is 12.2. The average molecular weight is 492 g/mol. The Bertz CT molecular complexity index is 808. The molecule has 0 spiro atoms. The van der Waals surface area contributed by atoms with Crippen LogP contribution in [0.15, 0.2) is 42.5 Å². The first-order valence-corrected chi connectivity index (χ1v) is 12.0. The van der Waals surface area contributed by atoms with Gasteiger partial charge < -0.3 is 19.7 Å². The van der Waals surface area contributed by atoms with Gasteiger partial charge in [0.1, 0.15) is 24.8 Å². The summed E-state index contributed by atoms with van der Waals surface area (Å²) in [6.07, 6.45) is 9.97. The van der Waals surface area contributed by atoms with Crippen molar-refractivity contribution in [1.82, 2.24) is 5.32 Å². The Morgan fingerprint density at radius 2 is 1.66 bits per heavy atom. The first-order valence-electron chi connectivity index (χ1n) is 12.0. The summed E-state index contributed by atoms with van der Waals surface area (Å²) in [6.45, 7) is 4.17. The zero-order valence-corrected chi connectivity index (χ0v) is 20.5. The molecule has 1 aliphatic heterocycles. The molecule has 9 nitrogen and oxygen atoms in total. The molecule has 35 heavy (non-hydrogen) atoms. The van der Waals surface area contributed by atoms with Gasteiger partial charge in [-0.25, -0.2) is 9.59 Å². The molecule has 0 radical (unpaired) electrons. The van der Waals surface area contributed by atoms with Crippen LogP contribution < -0.4 is 5.32 Å². The van der Waals surface area contributed by atoms with E-state index in [0.29, 0.717) is 18.6 Å². The maximum absolute atomic E-state index is 12.2. The van der Waals surface area contributed by atoms with Gasteiger partial charge >= 0.3 is 23.9 Å². The standard InChI is InChI=1S/C22H33NO4.C4H4O4/c1-3-4-5-6-7-11-14-19-15-20(22(25)27-19)23-17(2)21(24)26-16-18-12-9-8-10-13-18;5-3(6)1-2-4(7)8/h8-10,12-13,17,19-20,23H,3-7,11,14-16H2,1-2H3;1-2H,(H,5,6)(H,7,8)/t17-,19?,20?;/m0./s1. The van der Waals surface area contributed by atoms with E-state index in [2.05, 4.69) is 12.2 Å². The summed E-state index contributed by atoms with van der Waals surface area (Å²) < 4.78 is 10.8. The van der Waals surface area contributed by atoms with Gasteiger partial charge in [0.05, 0.1) is 0 Å². The molecular weight excluding hydrogens is 454 g/mol. The third-order valence-corrected chi connectivity index (χ3v) is 5.34. The van der Waals surface area contributed by atoms with Crippen LogP contribution >= 0.6 is 0 Å². The number of esters is 2. The smallest absolute Gasteiger partial charge is 0.328 e. The van der Waals surface area contributed by atoms with E-state index in [4.69, 9.17) is 19.7 Å². The second-order valence-corrected chi connectivity index (χ2v) is 8.40. The van der Waals surface area contributed by atoms with Crippen molar-refractivity contribution in [3.63, 3.8) is 0 Å². The van der Waals surface area contributed by atoms with Crippen LogP contribution in [-0.4, -0.2) is 52.3 Å². The molecule has 0 amide bonds. The highest BCUT2D eigenvalue weighted by molar-refractivity contribution is 5.89. The number of carboxylic acid groups (broad SMARTS) is 2. The first kappa shape index (κ1) is 29.8. The van der Waals surface area contributed by atoms with Crippen molar-refractivity contribution < 1.29 is 38.9 Å². The van der Waals surface area contributed by atoms with E-state index in [1.807, 2.05) is 30.3 Å². The fraction of sp³-hybridized carbons (Fsp3) is 0.538. The largest absolute Gasteiger partial charge is 0.478 e. The summed E-state index contributed by atoms with van der Waals surface area (Å²) in [5, 5.41) is 18.7. The minimum atomic E-state index is -1.26. The third-order valence-electron chi connectivity index (χ3n) is 5.34. The van der Waals surface area contributed by atoms with Gasteiger partial charge in [0.15, 0.2) is 0 Å². The number of cyclic esters (lactones) is 1. The van der Waals surface area contributed by atoms with Gasteiger partial charge in [0.2, 0.25) is 0 Å². The maximum Gasteiger partial charge on any atom is 0.328 e. The topological polar surface area (TPSA) is 139 Å². The molecule has 1 aliphatic rings. The van der Waals surface area contributed by atoms with Crippen LogP contribution in [0.3, 0.4) is 0 Å². The molecule has 3 N–H and O–H groups in total. The molecule has 0 bridgehead atoms. The summed E-state index contributed by atoms with van der Waals surface area (Å²) >= 11 is 0. The zero-order valence-electron chi connectivity index (χ0n) is 20.5. The lowest BCUT2D eigenvalue weighted by Crippen LogP contribution is -2.44. The van der Waals surface area contributed by atoms with Crippen LogP contribution in [0.25, 0.3) is 0 Å². The monoisotopic (exact) mass is 491 g/mol. The van der Waals surface area contributed by atoms with Gasteiger partial charge in [-0.2, -0.15) is 0 Å². The molecule has 1 fully saturated rings. The molecule has 9 heteroatoms. The number of ether oxygens (including phenoxy) is 2. The average Bonchev–Trinajstić information content (AvgIpc) is 3.18. The lowest BCUT2D eigenvalue weighted by Gasteiger charge is -2.16. The van der Waals surface area contributed by atoms with Gasteiger partial charge in [-0.3, -0.25) is 14.9 Å². The summed E-state index contributed by atoms with van der Waals surface area (Å²) in [5.41, 5.74) is 0.942. The van der Waals surface area contributed by atoms with Gasteiger partial charge in [-0.1, -0.05) is 69.4 Å². The van der Waals surface area contributed by atoms with Crippen LogP contribution in [0.5, 0.6) is 0 Å². The molecule has 1 saturated heterocycles. The van der Waals surface area contributed by atoms with Crippen molar-refractivity contribution in [2.75, 3.05) is 0 Å². The molecule has 1 aromatic carbocycles. The molecular formula is C26H37NO8. The highest BCUT2D eigenvalue weighted by Gasteiger charge is 2.35. The van der Waals surface area contributed by atoms with Crippen LogP contribution in [-0.2, 0) is 35.3 Å². The van der Waals surface area contributed by atoms with E-state index < -0.39 is 24.0 Å². The summed E-state index contributed by atoms with van der Waals surface area (Å²) in [4.78, 5) is 43.3. The number of carboxylic acids is 2. The lowest BCUT2D eigenvalue weighted by atomic mass is 10.0. The van der Waals surface area contributed by atoms with Crippen molar-refractivity contribution in [3.8, 4) is 0 Å². The second-order valence-electron chi connectivity index (χ2n) is 8.40. The Hall–Kier alpha value is -3.20. The minimum Gasteiger partial charge on any atom is -0.478 e. The molecule has 3 atom stereocenters. The Morgan fingerprint density at radius 3 is 2.26 bits per heavy atom. The summed E-state index contributed by atoms with van der Waals surface area (Å²) in [5.74, 6) is -3.13. The molecule has 1 heterocycles. The third kappa shape index (κ3) is 13.9. The highest BCUT2D eigenvalue weighted by atomic mass is 16.6. The highest BCUT2D eigenvalue weighted by Crippen LogP contribution is 2.21. The molecule has 0 aromatic heterocycles. The number of aliphatic carboxylic acids is 2. The number of hydrogen-bond acceptors (Lipinski definition) is 7. The Labute approximate surface area is 206 Å².